The van der Waals surface area contributed by atoms with Gasteiger partial charge in [0.2, 0.25) is 0 Å². The van der Waals surface area contributed by atoms with E-state index < -0.39 is 0 Å². The van der Waals surface area contributed by atoms with Gasteiger partial charge in [0.05, 0.1) is 6.20 Å². The smallest absolute Gasteiger partial charge is 0.0521 e. The lowest BCUT2D eigenvalue weighted by Gasteiger charge is -2.20. The van der Waals surface area contributed by atoms with Crippen molar-refractivity contribution in [1.29, 1.82) is 0 Å². The van der Waals surface area contributed by atoms with Crippen LogP contribution in [0.5, 0.6) is 0 Å². The van der Waals surface area contributed by atoms with Gasteiger partial charge in [-0.2, -0.15) is 5.10 Å². The van der Waals surface area contributed by atoms with Crippen molar-refractivity contribution < 1.29 is 0 Å². The standard InChI is InChI=1S/C17H24BrN3/c1-4-9-19-17(8-6-14-11-20-21(3)12-14)15-10-13(2)5-7-16(15)18/h5,7,10-12,17,19H,4,6,8-9H2,1-3H3. The third kappa shape index (κ3) is 4.68. The molecule has 3 nitrogen and oxygen atoms in total. The molecule has 0 fully saturated rings. The summed E-state index contributed by atoms with van der Waals surface area (Å²) in [5.41, 5.74) is 3.95. The Morgan fingerprint density at radius 2 is 2.19 bits per heavy atom. The summed E-state index contributed by atoms with van der Waals surface area (Å²) in [6, 6.07) is 6.95. The number of halogens is 1. The summed E-state index contributed by atoms with van der Waals surface area (Å²) >= 11 is 3.70. The van der Waals surface area contributed by atoms with Crippen molar-refractivity contribution in [2.75, 3.05) is 6.54 Å². The van der Waals surface area contributed by atoms with Crippen LogP contribution in [-0.4, -0.2) is 16.3 Å². The number of nitrogens with one attached hydrogen (secondary N) is 1. The van der Waals surface area contributed by atoms with E-state index in [1.54, 1.807) is 0 Å². The van der Waals surface area contributed by atoms with Crippen molar-refractivity contribution in [2.24, 2.45) is 7.05 Å². The lowest BCUT2D eigenvalue weighted by atomic mass is 9.98. The Balaban J connectivity index is 2.11. The minimum absolute atomic E-state index is 0.374. The Labute approximate surface area is 135 Å². The molecule has 2 rings (SSSR count). The van der Waals surface area contributed by atoms with E-state index in [1.807, 2.05) is 17.9 Å². The fraction of sp³-hybridized carbons (Fsp3) is 0.471. The van der Waals surface area contributed by atoms with Gasteiger partial charge in [-0.1, -0.05) is 40.5 Å². The molecule has 1 unspecified atom stereocenters. The Bertz CT molecular complexity index is 577. The van der Waals surface area contributed by atoms with Gasteiger partial charge in [0, 0.05) is 23.8 Å². The molecule has 0 amide bonds. The van der Waals surface area contributed by atoms with E-state index in [-0.39, 0.29) is 0 Å². The molecule has 21 heavy (non-hydrogen) atoms. The zero-order chi connectivity index (χ0) is 15.2. The van der Waals surface area contributed by atoms with Crippen LogP contribution in [0.3, 0.4) is 0 Å². The Hall–Kier alpha value is -1.13. The maximum Gasteiger partial charge on any atom is 0.0521 e. The van der Waals surface area contributed by atoms with E-state index in [0.717, 1.165) is 25.8 Å². The largest absolute Gasteiger partial charge is 0.310 e. The third-order valence-corrected chi connectivity index (χ3v) is 4.37. The van der Waals surface area contributed by atoms with Gasteiger partial charge < -0.3 is 5.32 Å². The quantitative estimate of drug-likeness (QED) is 0.812. The SMILES string of the molecule is CCCNC(CCc1cnn(C)c1)c1cc(C)ccc1Br. The van der Waals surface area contributed by atoms with Gasteiger partial charge in [-0.05, 0) is 49.9 Å². The van der Waals surface area contributed by atoms with Crippen LogP contribution in [0.25, 0.3) is 0 Å². The summed E-state index contributed by atoms with van der Waals surface area (Å²) < 4.78 is 3.06. The summed E-state index contributed by atoms with van der Waals surface area (Å²) in [5, 5.41) is 7.92. The Morgan fingerprint density at radius 3 is 2.86 bits per heavy atom. The average molecular weight is 350 g/mol. The van der Waals surface area contributed by atoms with E-state index in [2.05, 4.69) is 64.6 Å². The van der Waals surface area contributed by atoms with Gasteiger partial charge in [-0.25, -0.2) is 0 Å². The van der Waals surface area contributed by atoms with Gasteiger partial charge in [-0.3, -0.25) is 4.68 Å². The van der Waals surface area contributed by atoms with Gasteiger partial charge in [0.25, 0.3) is 0 Å². The van der Waals surface area contributed by atoms with Gasteiger partial charge >= 0.3 is 0 Å². The fourth-order valence-electron chi connectivity index (χ4n) is 2.53. The molecule has 0 radical (unpaired) electrons. The topological polar surface area (TPSA) is 29.9 Å². The van der Waals surface area contributed by atoms with Crippen LogP contribution in [0.4, 0.5) is 0 Å². The first-order valence-corrected chi connectivity index (χ1v) is 8.36. The van der Waals surface area contributed by atoms with Crippen LogP contribution < -0.4 is 5.32 Å². The molecule has 0 saturated heterocycles. The maximum absolute atomic E-state index is 4.25. The Kier molecular flexibility index (Phi) is 6.00. The number of hydrogen-bond acceptors (Lipinski definition) is 2. The van der Waals surface area contributed by atoms with E-state index >= 15 is 0 Å². The van der Waals surface area contributed by atoms with Crippen LogP contribution in [0, 0.1) is 6.92 Å². The van der Waals surface area contributed by atoms with Gasteiger partial charge in [0.1, 0.15) is 0 Å². The molecule has 1 aromatic carbocycles. The molecule has 114 valence electrons. The first-order valence-electron chi connectivity index (χ1n) is 7.57. The van der Waals surface area contributed by atoms with E-state index in [9.17, 15) is 0 Å². The summed E-state index contributed by atoms with van der Waals surface area (Å²) in [4.78, 5) is 0. The van der Waals surface area contributed by atoms with E-state index in [1.165, 1.54) is 21.2 Å². The molecule has 4 heteroatoms. The van der Waals surface area contributed by atoms with Crippen LogP contribution in [-0.2, 0) is 13.5 Å². The number of hydrogen-bond donors (Lipinski definition) is 1. The van der Waals surface area contributed by atoms with Gasteiger partial charge in [-0.15, -0.1) is 0 Å². The van der Waals surface area contributed by atoms with Crippen LogP contribution >= 0.6 is 15.9 Å². The number of rotatable bonds is 7. The molecule has 0 aliphatic heterocycles. The maximum atomic E-state index is 4.25. The van der Waals surface area contributed by atoms with Crippen LogP contribution in [0.15, 0.2) is 35.1 Å². The van der Waals surface area contributed by atoms with E-state index in [0.29, 0.717) is 6.04 Å². The number of nitrogens with zero attached hydrogens (tertiary/aromatic N) is 2. The predicted molar refractivity (Wildman–Crippen MR) is 91.4 cm³/mol. The normalized spacial score (nSPS) is 12.6. The summed E-state index contributed by atoms with van der Waals surface area (Å²) in [6.07, 6.45) is 7.32. The molecule has 0 bridgehead atoms. The molecule has 1 atom stereocenters. The molecule has 2 aromatic rings. The zero-order valence-electron chi connectivity index (χ0n) is 13.1. The van der Waals surface area contributed by atoms with Gasteiger partial charge in [0.15, 0.2) is 0 Å². The second kappa shape index (κ2) is 7.76. The summed E-state index contributed by atoms with van der Waals surface area (Å²) in [7, 11) is 1.97. The highest BCUT2D eigenvalue weighted by molar-refractivity contribution is 9.10. The molecular formula is C17H24BrN3. The lowest BCUT2D eigenvalue weighted by molar-refractivity contribution is 0.497. The molecular weight excluding hydrogens is 326 g/mol. The third-order valence-electron chi connectivity index (χ3n) is 3.65. The number of aromatic nitrogens is 2. The molecule has 0 saturated carbocycles. The first-order chi connectivity index (χ1) is 10.1. The molecule has 0 aliphatic carbocycles. The molecule has 0 aliphatic rings. The second-order valence-corrected chi connectivity index (χ2v) is 6.45. The highest BCUT2D eigenvalue weighted by Gasteiger charge is 2.14. The van der Waals surface area contributed by atoms with Crippen molar-refractivity contribution >= 4 is 15.9 Å². The molecule has 0 spiro atoms. The van der Waals surface area contributed by atoms with E-state index in [4.69, 9.17) is 0 Å². The van der Waals surface area contributed by atoms with Crippen LogP contribution in [0.2, 0.25) is 0 Å². The average Bonchev–Trinajstić information content (AvgIpc) is 2.88. The molecule has 1 N–H and O–H groups in total. The first kappa shape index (κ1) is 16.2. The minimum atomic E-state index is 0.374. The zero-order valence-corrected chi connectivity index (χ0v) is 14.7. The molecule has 1 aromatic heterocycles. The van der Waals surface area contributed by atoms with Crippen molar-refractivity contribution in [1.82, 2.24) is 15.1 Å². The van der Waals surface area contributed by atoms with Crippen molar-refractivity contribution in [2.45, 2.75) is 39.2 Å². The summed E-state index contributed by atoms with van der Waals surface area (Å²) in [6.45, 7) is 5.39. The van der Waals surface area contributed by atoms with Crippen LogP contribution in [0.1, 0.15) is 42.5 Å². The lowest BCUT2D eigenvalue weighted by Crippen LogP contribution is -2.23. The Morgan fingerprint density at radius 1 is 1.38 bits per heavy atom. The van der Waals surface area contributed by atoms with Crippen molar-refractivity contribution in [3.05, 3.63) is 51.8 Å². The molecule has 1 heterocycles. The highest BCUT2D eigenvalue weighted by atomic mass is 79.9. The number of benzene rings is 1. The monoisotopic (exact) mass is 349 g/mol. The van der Waals surface area contributed by atoms with Crippen molar-refractivity contribution in [3.63, 3.8) is 0 Å². The minimum Gasteiger partial charge on any atom is -0.310 e. The predicted octanol–water partition coefficient (Wildman–Crippen LogP) is 4.16. The fourth-order valence-corrected chi connectivity index (χ4v) is 3.05. The van der Waals surface area contributed by atoms with Crippen molar-refractivity contribution in [3.8, 4) is 0 Å². The second-order valence-electron chi connectivity index (χ2n) is 5.59. The highest BCUT2D eigenvalue weighted by Crippen LogP contribution is 2.28. The number of aryl methyl sites for hydroxylation is 3. The summed E-state index contributed by atoms with van der Waals surface area (Å²) in [5.74, 6) is 0.